The number of ketones is 1. The number of aromatic nitrogens is 2. The van der Waals surface area contributed by atoms with E-state index in [1.165, 1.54) is 26.4 Å². The van der Waals surface area contributed by atoms with Gasteiger partial charge in [0.05, 0.1) is 26.0 Å². The van der Waals surface area contributed by atoms with Crippen LogP contribution in [0.4, 0.5) is 16.4 Å². The van der Waals surface area contributed by atoms with Gasteiger partial charge in [-0.05, 0) is 37.0 Å². The number of hydrogen-bond acceptors (Lipinski definition) is 8. The number of Topliss-reactive ketones (excluding diaryl/α,β-unsaturated/α-hetero) is 1. The van der Waals surface area contributed by atoms with Crippen LogP contribution < -0.4 is 24.2 Å². The van der Waals surface area contributed by atoms with Crippen LogP contribution in [-0.2, 0) is 16.6 Å². The molecule has 166 valence electrons. The summed E-state index contributed by atoms with van der Waals surface area (Å²) in [6.07, 6.45) is 2.26. The van der Waals surface area contributed by atoms with E-state index in [4.69, 9.17) is 9.47 Å². The molecule has 1 fully saturated rings. The fraction of sp³-hybridized carbons (Fsp3) is 0.368. The van der Waals surface area contributed by atoms with Crippen molar-refractivity contribution < 1.29 is 27.5 Å². The number of nitrogens with zero attached hydrogens (tertiary/aromatic N) is 2. The highest BCUT2D eigenvalue weighted by Crippen LogP contribution is 2.35. The zero-order valence-electron chi connectivity index (χ0n) is 17.3. The van der Waals surface area contributed by atoms with Crippen LogP contribution in [0.3, 0.4) is 0 Å². The number of urea groups is 1. The Morgan fingerprint density at radius 2 is 1.74 bits per heavy atom. The lowest BCUT2D eigenvalue weighted by Gasteiger charge is -2.14. The molecule has 11 nitrogen and oxygen atoms in total. The van der Waals surface area contributed by atoms with Gasteiger partial charge in [-0.25, -0.2) is 9.52 Å². The average molecular weight is 449 g/mol. The summed E-state index contributed by atoms with van der Waals surface area (Å²) in [5.74, 6) is -0.202. The molecule has 1 heterocycles. The molecule has 31 heavy (non-hydrogen) atoms. The molecule has 1 saturated carbocycles. The zero-order chi connectivity index (χ0) is 22.6. The molecule has 3 N–H and O–H groups in total. The first kappa shape index (κ1) is 22.3. The van der Waals surface area contributed by atoms with Crippen molar-refractivity contribution in [1.82, 2.24) is 14.7 Å². The molecule has 1 aromatic heterocycles. The lowest BCUT2D eigenvalue weighted by molar-refractivity contribution is 0.0968. The third-order valence-electron chi connectivity index (χ3n) is 4.50. The van der Waals surface area contributed by atoms with Crippen LogP contribution in [-0.4, -0.2) is 44.4 Å². The van der Waals surface area contributed by atoms with E-state index in [1.54, 1.807) is 16.9 Å². The number of methoxy groups -OCH3 is 2. The van der Waals surface area contributed by atoms with Crippen LogP contribution >= 0.6 is 0 Å². The van der Waals surface area contributed by atoms with E-state index in [0.29, 0.717) is 6.42 Å². The Labute approximate surface area is 179 Å². The number of rotatable bonds is 9. The lowest BCUT2D eigenvalue weighted by atomic mass is 10.0. The van der Waals surface area contributed by atoms with Crippen molar-refractivity contribution >= 4 is 33.7 Å². The lowest BCUT2D eigenvalue weighted by Crippen LogP contribution is -2.38. The number of aryl methyl sites for hydroxylation is 1. The summed E-state index contributed by atoms with van der Waals surface area (Å²) in [7, 11) is -1.62. The summed E-state index contributed by atoms with van der Waals surface area (Å²) < 4.78 is 39.0. The molecule has 2 aromatic rings. The fourth-order valence-electron chi connectivity index (χ4n) is 2.76. The molecular formula is C19H23N5O6S. The molecule has 0 aliphatic heterocycles. The van der Waals surface area contributed by atoms with Gasteiger partial charge in [-0.3, -0.25) is 14.8 Å². The minimum Gasteiger partial charge on any atom is -0.481 e. The number of nitrogens with one attached hydrogen (secondary N) is 3. The van der Waals surface area contributed by atoms with Crippen molar-refractivity contribution in [3.8, 4) is 11.8 Å². The van der Waals surface area contributed by atoms with Gasteiger partial charge >= 0.3 is 16.2 Å². The van der Waals surface area contributed by atoms with Crippen LogP contribution in [0.25, 0.3) is 0 Å². The molecule has 1 aromatic carbocycles. The summed E-state index contributed by atoms with van der Waals surface area (Å²) in [6.45, 7) is 1.94. The van der Waals surface area contributed by atoms with Gasteiger partial charge in [-0.15, -0.1) is 0 Å². The largest absolute Gasteiger partial charge is 0.481 e. The molecule has 0 radical (unpaired) electrons. The molecule has 2 amide bonds. The normalized spacial score (nSPS) is 13.3. The Kier molecular flexibility index (Phi) is 6.59. The number of amides is 2. The van der Waals surface area contributed by atoms with E-state index in [2.05, 4.69) is 20.0 Å². The van der Waals surface area contributed by atoms with Gasteiger partial charge in [-0.2, -0.15) is 18.4 Å². The third kappa shape index (κ3) is 5.81. The molecule has 0 atom stereocenters. The number of carbonyl (C=O) groups excluding carboxylic acids is 2. The second-order valence-electron chi connectivity index (χ2n) is 6.81. The maximum Gasteiger partial charge on any atom is 0.336 e. The summed E-state index contributed by atoms with van der Waals surface area (Å²) in [5, 5.41) is 2.20. The maximum absolute atomic E-state index is 12.6. The average Bonchev–Trinajstić information content (AvgIpc) is 3.57. The number of benzene rings is 1. The van der Waals surface area contributed by atoms with E-state index >= 15 is 0 Å². The number of anilines is 2. The maximum atomic E-state index is 12.6. The van der Waals surface area contributed by atoms with Crippen LogP contribution in [0.5, 0.6) is 11.8 Å². The summed E-state index contributed by atoms with van der Waals surface area (Å²) in [4.78, 5) is 32.6. The first-order chi connectivity index (χ1) is 14.7. The Morgan fingerprint density at radius 3 is 2.29 bits per heavy atom. The van der Waals surface area contributed by atoms with Gasteiger partial charge < -0.3 is 9.47 Å². The summed E-state index contributed by atoms with van der Waals surface area (Å²) in [6, 6.07) is 5.19. The van der Waals surface area contributed by atoms with Gasteiger partial charge in [0.1, 0.15) is 0 Å². The quantitative estimate of drug-likeness (QED) is 0.493. The second-order valence-corrected chi connectivity index (χ2v) is 8.23. The predicted molar refractivity (Wildman–Crippen MR) is 113 cm³/mol. The highest BCUT2D eigenvalue weighted by atomic mass is 32.2. The zero-order valence-corrected chi connectivity index (χ0v) is 18.1. The molecule has 0 saturated heterocycles. The molecular weight excluding hydrogens is 426 g/mol. The van der Waals surface area contributed by atoms with Gasteiger partial charge in [0.15, 0.2) is 5.78 Å². The minimum absolute atomic E-state index is 0.0909. The Balaban J connectivity index is 1.74. The molecule has 0 spiro atoms. The highest BCUT2D eigenvalue weighted by molar-refractivity contribution is 7.91. The van der Waals surface area contributed by atoms with E-state index in [-0.39, 0.29) is 40.7 Å². The van der Waals surface area contributed by atoms with Crippen molar-refractivity contribution in [2.45, 2.75) is 26.2 Å². The molecule has 3 rings (SSSR count). The van der Waals surface area contributed by atoms with Gasteiger partial charge in [0.25, 0.3) is 0 Å². The number of ether oxygens (including phenoxy) is 2. The molecule has 12 heteroatoms. The van der Waals surface area contributed by atoms with E-state index in [0.717, 1.165) is 18.4 Å². The molecule has 1 aliphatic rings. The smallest absolute Gasteiger partial charge is 0.336 e. The minimum atomic E-state index is -4.35. The Hall–Kier alpha value is -3.41. The van der Waals surface area contributed by atoms with Crippen LogP contribution in [0.15, 0.2) is 24.3 Å². The Bertz CT molecular complexity index is 1080. The summed E-state index contributed by atoms with van der Waals surface area (Å²) in [5.41, 5.74) is 1.30. The van der Waals surface area contributed by atoms with E-state index in [9.17, 15) is 18.0 Å². The van der Waals surface area contributed by atoms with Crippen molar-refractivity contribution in [2.75, 3.05) is 24.3 Å². The molecule has 0 bridgehead atoms. The van der Waals surface area contributed by atoms with Crippen molar-refractivity contribution in [1.29, 1.82) is 0 Å². The monoisotopic (exact) mass is 449 g/mol. The van der Waals surface area contributed by atoms with Gasteiger partial charge in [-0.1, -0.05) is 13.0 Å². The van der Waals surface area contributed by atoms with E-state index in [1.807, 2.05) is 6.92 Å². The van der Waals surface area contributed by atoms with Crippen LogP contribution in [0.1, 0.15) is 35.7 Å². The SMILES string of the molecule is CCc1ccc(NS(=O)(=O)NC(=O)Nc2nc(OC)cc(OC)n2)c(C(=O)C2CC2)c1. The van der Waals surface area contributed by atoms with E-state index < -0.39 is 16.2 Å². The first-order valence-corrected chi connectivity index (χ1v) is 11.0. The Morgan fingerprint density at radius 1 is 1.10 bits per heavy atom. The first-order valence-electron chi connectivity index (χ1n) is 9.50. The van der Waals surface area contributed by atoms with Gasteiger partial charge in [0.2, 0.25) is 17.7 Å². The van der Waals surface area contributed by atoms with Crippen molar-refractivity contribution in [3.05, 3.63) is 35.4 Å². The van der Waals surface area contributed by atoms with Crippen LogP contribution in [0.2, 0.25) is 0 Å². The molecule has 1 aliphatic carbocycles. The van der Waals surface area contributed by atoms with Crippen LogP contribution in [0, 0.1) is 5.92 Å². The van der Waals surface area contributed by atoms with Crippen molar-refractivity contribution in [2.24, 2.45) is 5.92 Å². The highest BCUT2D eigenvalue weighted by Gasteiger charge is 2.32. The number of carbonyl (C=O) groups is 2. The predicted octanol–water partition coefficient (Wildman–Crippen LogP) is 2.13. The third-order valence-corrected chi connectivity index (χ3v) is 5.44. The topological polar surface area (TPSA) is 149 Å². The number of hydrogen-bond donors (Lipinski definition) is 3. The summed E-state index contributed by atoms with van der Waals surface area (Å²) >= 11 is 0. The van der Waals surface area contributed by atoms with Gasteiger partial charge in [0, 0.05) is 11.5 Å². The fourth-order valence-corrected chi connectivity index (χ4v) is 3.57. The van der Waals surface area contributed by atoms with Crippen molar-refractivity contribution in [3.63, 3.8) is 0 Å². The standard InChI is InChI=1S/C19H23N5O6S/c1-4-11-5-8-14(13(9-11)17(25)12-6-7-12)23-31(27,28)24-19(26)22-18-20-15(29-2)10-16(21-18)30-3/h5,8-10,12,23H,4,6-7H2,1-3H3,(H2,20,21,22,24,26). The second kappa shape index (κ2) is 9.16. The molecule has 0 unspecified atom stereocenters.